The highest BCUT2D eigenvalue weighted by molar-refractivity contribution is 5.99. The molecule has 0 aliphatic carbocycles. The molecular formula is C16H15NO4. The molecule has 2 aromatic rings. The number of hydrogen-bond acceptors (Lipinski definition) is 4. The minimum absolute atomic E-state index is 0.00886. The minimum Gasteiger partial charge on any atom is -0.497 e. The van der Waals surface area contributed by atoms with Gasteiger partial charge in [0, 0.05) is 24.1 Å². The lowest BCUT2D eigenvalue weighted by molar-refractivity contribution is -0.384. The van der Waals surface area contributed by atoms with Crippen LogP contribution in [0, 0.1) is 17.0 Å². The zero-order chi connectivity index (χ0) is 15.4. The van der Waals surface area contributed by atoms with Gasteiger partial charge in [-0.15, -0.1) is 0 Å². The highest BCUT2D eigenvalue weighted by Crippen LogP contribution is 2.20. The predicted octanol–water partition coefficient (Wildman–Crippen LogP) is 3.34. The summed E-state index contributed by atoms with van der Waals surface area (Å²) < 4.78 is 5.12. The van der Waals surface area contributed by atoms with Gasteiger partial charge in [-0.2, -0.15) is 0 Å². The van der Waals surface area contributed by atoms with Crippen LogP contribution in [0.15, 0.2) is 42.5 Å². The lowest BCUT2D eigenvalue weighted by Crippen LogP contribution is -2.06. The molecule has 0 unspecified atom stereocenters. The second-order valence-corrected chi connectivity index (χ2v) is 4.71. The normalized spacial score (nSPS) is 10.2. The molecule has 0 amide bonds. The van der Waals surface area contributed by atoms with Crippen LogP contribution < -0.4 is 4.74 Å². The van der Waals surface area contributed by atoms with Crippen LogP contribution in [0.25, 0.3) is 0 Å². The van der Waals surface area contributed by atoms with Crippen molar-refractivity contribution in [3.05, 3.63) is 69.3 Å². The number of carbonyl (C=O) groups excluding carboxylic acids is 1. The van der Waals surface area contributed by atoms with Gasteiger partial charge in [-0.3, -0.25) is 14.9 Å². The number of methoxy groups -OCH3 is 1. The van der Waals surface area contributed by atoms with E-state index in [1.165, 1.54) is 18.2 Å². The number of rotatable bonds is 5. The largest absolute Gasteiger partial charge is 0.497 e. The second-order valence-electron chi connectivity index (χ2n) is 4.71. The standard InChI is InChI=1S/C16H15NO4/c1-11-8-13(17(19)20)6-7-15(11)16(18)10-12-4-3-5-14(9-12)21-2/h3-9H,10H2,1-2H3. The maximum atomic E-state index is 12.3. The smallest absolute Gasteiger partial charge is 0.269 e. The van der Waals surface area contributed by atoms with Crippen molar-refractivity contribution in [2.24, 2.45) is 0 Å². The molecule has 108 valence electrons. The Morgan fingerprint density at radius 2 is 2.00 bits per heavy atom. The number of non-ortho nitro benzene ring substituents is 1. The summed E-state index contributed by atoms with van der Waals surface area (Å²) in [5.41, 5.74) is 1.95. The van der Waals surface area contributed by atoms with E-state index in [2.05, 4.69) is 0 Å². The van der Waals surface area contributed by atoms with Crippen molar-refractivity contribution in [3.8, 4) is 5.75 Å². The maximum absolute atomic E-state index is 12.3. The molecule has 0 aliphatic heterocycles. The summed E-state index contributed by atoms with van der Waals surface area (Å²) in [7, 11) is 1.57. The van der Waals surface area contributed by atoms with E-state index in [1.807, 2.05) is 18.2 Å². The Bertz CT molecular complexity index is 694. The molecule has 5 nitrogen and oxygen atoms in total. The van der Waals surface area contributed by atoms with E-state index in [4.69, 9.17) is 4.74 Å². The Morgan fingerprint density at radius 3 is 2.62 bits per heavy atom. The molecule has 0 heterocycles. The molecule has 0 fully saturated rings. The van der Waals surface area contributed by atoms with E-state index in [1.54, 1.807) is 20.1 Å². The third kappa shape index (κ3) is 3.45. The van der Waals surface area contributed by atoms with E-state index >= 15 is 0 Å². The molecule has 2 aromatic carbocycles. The predicted molar refractivity (Wildman–Crippen MR) is 78.9 cm³/mol. The van der Waals surface area contributed by atoms with Gasteiger partial charge < -0.3 is 4.74 Å². The molecule has 2 rings (SSSR count). The summed E-state index contributed by atoms with van der Waals surface area (Å²) in [6, 6.07) is 11.6. The number of ketones is 1. The third-order valence-electron chi connectivity index (χ3n) is 3.22. The third-order valence-corrected chi connectivity index (χ3v) is 3.22. The Labute approximate surface area is 122 Å². The van der Waals surface area contributed by atoms with E-state index in [0.29, 0.717) is 16.9 Å². The SMILES string of the molecule is COc1cccc(CC(=O)c2ccc([N+](=O)[O-])cc2C)c1. The highest BCUT2D eigenvalue weighted by atomic mass is 16.6. The zero-order valence-electron chi connectivity index (χ0n) is 11.8. The highest BCUT2D eigenvalue weighted by Gasteiger charge is 2.14. The first-order valence-electron chi connectivity index (χ1n) is 6.42. The van der Waals surface area contributed by atoms with Gasteiger partial charge in [-0.1, -0.05) is 12.1 Å². The number of aryl methyl sites for hydroxylation is 1. The van der Waals surface area contributed by atoms with Crippen molar-refractivity contribution in [2.45, 2.75) is 13.3 Å². The number of nitro groups is 1. The van der Waals surface area contributed by atoms with Crippen molar-refractivity contribution < 1.29 is 14.5 Å². The second kappa shape index (κ2) is 6.17. The Kier molecular flexibility index (Phi) is 4.33. The number of hydrogen-bond donors (Lipinski definition) is 0. The number of Topliss-reactive ketones (excluding diaryl/α,β-unsaturated/α-hetero) is 1. The summed E-state index contributed by atoms with van der Waals surface area (Å²) in [6.45, 7) is 1.70. The fourth-order valence-electron chi connectivity index (χ4n) is 2.14. The molecule has 0 radical (unpaired) electrons. The monoisotopic (exact) mass is 285 g/mol. The van der Waals surface area contributed by atoms with Gasteiger partial charge in [0.05, 0.1) is 12.0 Å². The van der Waals surface area contributed by atoms with Gasteiger partial charge in [-0.25, -0.2) is 0 Å². The topological polar surface area (TPSA) is 69.4 Å². The summed E-state index contributed by atoms with van der Waals surface area (Å²) >= 11 is 0. The van der Waals surface area contributed by atoms with E-state index < -0.39 is 4.92 Å². The van der Waals surface area contributed by atoms with Crippen LogP contribution in [0.4, 0.5) is 5.69 Å². The van der Waals surface area contributed by atoms with E-state index in [9.17, 15) is 14.9 Å². The van der Waals surface area contributed by atoms with E-state index in [-0.39, 0.29) is 17.9 Å². The molecule has 0 bridgehead atoms. The van der Waals surface area contributed by atoms with Crippen LogP contribution in [-0.4, -0.2) is 17.8 Å². The Balaban J connectivity index is 2.22. The van der Waals surface area contributed by atoms with Crippen LogP contribution >= 0.6 is 0 Å². The van der Waals surface area contributed by atoms with Gasteiger partial charge >= 0.3 is 0 Å². The molecule has 0 N–H and O–H groups in total. The number of ether oxygens (including phenoxy) is 1. The minimum atomic E-state index is -0.469. The molecule has 0 aromatic heterocycles. The number of nitrogens with zero attached hydrogens (tertiary/aromatic N) is 1. The first-order valence-corrected chi connectivity index (χ1v) is 6.42. The number of carbonyl (C=O) groups is 1. The van der Waals surface area contributed by atoms with Crippen molar-refractivity contribution >= 4 is 11.5 Å². The first kappa shape index (κ1) is 14.7. The summed E-state index contributed by atoms with van der Waals surface area (Å²) in [5, 5.41) is 10.7. The van der Waals surface area contributed by atoms with Gasteiger partial charge in [0.1, 0.15) is 5.75 Å². The van der Waals surface area contributed by atoms with Gasteiger partial charge in [0.25, 0.3) is 5.69 Å². The maximum Gasteiger partial charge on any atom is 0.269 e. The number of benzene rings is 2. The fraction of sp³-hybridized carbons (Fsp3) is 0.188. The van der Waals surface area contributed by atoms with Crippen LogP contribution in [0.1, 0.15) is 21.5 Å². The van der Waals surface area contributed by atoms with Gasteiger partial charge in [-0.05, 0) is 36.2 Å². The van der Waals surface area contributed by atoms with Crippen LogP contribution in [-0.2, 0) is 6.42 Å². The molecule has 0 aliphatic rings. The van der Waals surface area contributed by atoms with E-state index in [0.717, 1.165) is 5.56 Å². The lowest BCUT2D eigenvalue weighted by Gasteiger charge is -2.06. The average Bonchev–Trinajstić information content (AvgIpc) is 2.47. The van der Waals surface area contributed by atoms with Gasteiger partial charge in [0.2, 0.25) is 0 Å². The zero-order valence-corrected chi connectivity index (χ0v) is 11.8. The fourth-order valence-corrected chi connectivity index (χ4v) is 2.14. The molecule has 0 saturated carbocycles. The first-order chi connectivity index (χ1) is 10.0. The quantitative estimate of drug-likeness (QED) is 0.480. The van der Waals surface area contributed by atoms with Gasteiger partial charge in [0.15, 0.2) is 5.78 Å². The summed E-state index contributed by atoms with van der Waals surface area (Å²) in [6.07, 6.45) is 0.232. The molecular weight excluding hydrogens is 270 g/mol. The molecule has 0 atom stereocenters. The summed E-state index contributed by atoms with van der Waals surface area (Å²) in [4.78, 5) is 22.5. The van der Waals surface area contributed by atoms with Crippen molar-refractivity contribution in [3.63, 3.8) is 0 Å². The summed E-state index contributed by atoms with van der Waals surface area (Å²) in [5.74, 6) is 0.622. The van der Waals surface area contributed by atoms with Crippen LogP contribution in [0.5, 0.6) is 5.75 Å². The average molecular weight is 285 g/mol. The molecule has 0 spiro atoms. The Hall–Kier alpha value is -2.69. The lowest BCUT2D eigenvalue weighted by atomic mass is 9.98. The van der Waals surface area contributed by atoms with Crippen LogP contribution in [0.2, 0.25) is 0 Å². The molecule has 0 saturated heterocycles. The Morgan fingerprint density at radius 1 is 1.24 bits per heavy atom. The van der Waals surface area contributed by atoms with Crippen molar-refractivity contribution in [1.82, 2.24) is 0 Å². The number of nitro benzene ring substituents is 1. The van der Waals surface area contributed by atoms with Crippen molar-refractivity contribution in [2.75, 3.05) is 7.11 Å². The molecule has 21 heavy (non-hydrogen) atoms. The molecule has 5 heteroatoms. The van der Waals surface area contributed by atoms with Crippen molar-refractivity contribution in [1.29, 1.82) is 0 Å². The van der Waals surface area contributed by atoms with Crippen LogP contribution in [0.3, 0.4) is 0 Å².